The number of methoxy groups -OCH3 is 1. The van der Waals surface area contributed by atoms with Gasteiger partial charge in [0.05, 0.1) is 13.3 Å². The number of rotatable bonds is 4. The second-order valence-corrected chi connectivity index (χ2v) is 4.55. The summed E-state index contributed by atoms with van der Waals surface area (Å²) in [7, 11) is 1.61. The molecule has 1 aromatic heterocycles. The molecule has 4 nitrogen and oxygen atoms in total. The van der Waals surface area contributed by atoms with Gasteiger partial charge in [0, 0.05) is 18.2 Å². The van der Waals surface area contributed by atoms with Crippen LogP contribution >= 0.6 is 0 Å². The number of aromatic nitrogens is 1. The Hall–Kier alpha value is -1.29. The Morgan fingerprint density at radius 1 is 1.44 bits per heavy atom. The average Bonchev–Trinajstić information content (AvgIpc) is 2.95. The fraction of sp³-hybridized carbons (Fsp3) is 0.583. The Bertz CT molecular complexity index is 356. The van der Waals surface area contributed by atoms with Gasteiger partial charge in [-0.2, -0.15) is 0 Å². The second-order valence-electron chi connectivity index (χ2n) is 4.55. The maximum absolute atomic E-state index is 5.68. The molecule has 3 atom stereocenters. The number of fused-ring (bicyclic) bond motifs is 1. The molecule has 3 rings (SSSR count). The summed E-state index contributed by atoms with van der Waals surface area (Å²) >= 11 is 0. The van der Waals surface area contributed by atoms with E-state index in [1.165, 1.54) is 12.8 Å². The Kier molecular flexibility index (Phi) is 2.44. The highest BCUT2D eigenvalue weighted by Gasteiger charge is 2.45. The number of hydrogen-bond donors (Lipinski definition) is 1. The molecule has 1 aliphatic heterocycles. The summed E-state index contributed by atoms with van der Waals surface area (Å²) in [6.07, 6.45) is 4.32. The van der Waals surface area contributed by atoms with E-state index in [-0.39, 0.29) is 0 Å². The van der Waals surface area contributed by atoms with Crippen molar-refractivity contribution in [2.75, 3.05) is 13.7 Å². The molecule has 0 aromatic carbocycles. The fourth-order valence-electron chi connectivity index (χ4n) is 2.33. The lowest BCUT2D eigenvalue weighted by molar-refractivity contribution is 0.266. The molecule has 0 spiro atoms. The van der Waals surface area contributed by atoms with Crippen LogP contribution in [0.15, 0.2) is 18.3 Å². The van der Waals surface area contributed by atoms with Crippen molar-refractivity contribution in [1.29, 1.82) is 0 Å². The summed E-state index contributed by atoms with van der Waals surface area (Å²) in [5.74, 6) is 2.35. The molecular weight excluding hydrogens is 204 g/mol. The van der Waals surface area contributed by atoms with Crippen molar-refractivity contribution in [3.63, 3.8) is 0 Å². The minimum absolute atomic E-state index is 0.519. The van der Waals surface area contributed by atoms with Crippen LogP contribution in [0.1, 0.15) is 12.8 Å². The van der Waals surface area contributed by atoms with Gasteiger partial charge in [0.25, 0.3) is 0 Å². The number of hydrogen-bond acceptors (Lipinski definition) is 4. The smallest absolute Gasteiger partial charge is 0.213 e. The average molecular weight is 220 g/mol. The maximum atomic E-state index is 5.68. The lowest BCUT2D eigenvalue weighted by atomic mass is 10.2. The van der Waals surface area contributed by atoms with Gasteiger partial charge in [-0.05, 0) is 24.8 Å². The first-order valence-electron chi connectivity index (χ1n) is 5.74. The summed E-state index contributed by atoms with van der Waals surface area (Å²) in [5, 5.41) is 3.55. The quantitative estimate of drug-likeness (QED) is 0.828. The minimum atomic E-state index is 0.519. The molecule has 0 unspecified atom stereocenters. The highest BCUT2D eigenvalue weighted by atomic mass is 16.5. The maximum Gasteiger partial charge on any atom is 0.213 e. The van der Waals surface area contributed by atoms with Crippen molar-refractivity contribution in [3.8, 4) is 11.6 Å². The van der Waals surface area contributed by atoms with E-state index in [1.54, 1.807) is 13.3 Å². The summed E-state index contributed by atoms with van der Waals surface area (Å²) in [5.41, 5.74) is 0. The number of nitrogens with one attached hydrogen (secondary N) is 1. The molecular formula is C12H16N2O2. The highest BCUT2D eigenvalue weighted by Crippen LogP contribution is 2.40. The van der Waals surface area contributed by atoms with E-state index in [1.807, 2.05) is 12.1 Å². The molecule has 4 heteroatoms. The van der Waals surface area contributed by atoms with E-state index in [2.05, 4.69) is 10.3 Å². The van der Waals surface area contributed by atoms with E-state index >= 15 is 0 Å². The van der Waals surface area contributed by atoms with Crippen LogP contribution in [0, 0.1) is 5.92 Å². The van der Waals surface area contributed by atoms with Crippen LogP contribution in [0.4, 0.5) is 0 Å². The lowest BCUT2D eigenvalue weighted by Gasteiger charge is -2.14. The zero-order chi connectivity index (χ0) is 11.0. The third-order valence-corrected chi connectivity index (χ3v) is 3.33. The largest absolute Gasteiger partial charge is 0.490 e. The zero-order valence-corrected chi connectivity index (χ0v) is 9.35. The number of pyridine rings is 1. The van der Waals surface area contributed by atoms with Crippen LogP contribution in [-0.2, 0) is 0 Å². The Balaban J connectivity index is 1.50. The van der Waals surface area contributed by atoms with Crippen LogP contribution in [0.25, 0.3) is 0 Å². The molecule has 1 saturated heterocycles. The Morgan fingerprint density at radius 3 is 3.00 bits per heavy atom. The summed E-state index contributed by atoms with van der Waals surface area (Å²) in [6.45, 7) is 0.737. The van der Waals surface area contributed by atoms with Gasteiger partial charge < -0.3 is 14.8 Å². The van der Waals surface area contributed by atoms with Crippen LogP contribution in [0.2, 0.25) is 0 Å². The zero-order valence-electron chi connectivity index (χ0n) is 9.35. The number of ether oxygens (including phenoxy) is 2. The van der Waals surface area contributed by atoms with Crippen LogP contribution in [0.5, 0.6) is 11.6 Å². The molecule has 2 fully saturated rings. The van der Waals surface area contributed by atoms with Crippen molar-refractivity contribution < 1.29 is 9.47 Å². The van der Waals surface area contributed by atoms with Gasteiger partial charge in [-0.25, -0.2) is 4.98 Å². The predicted octanol–water partition coefficient (Wildman–Crippen LogP) is 1.22. The molecule has 0 radical (unpaired) electrons. The Labute approximate surface area is 95.0 Å². The second kappa shape index (κ2) is 3.94. The van der Waals surface area contributed by atoms with E-state index in [0.29, 0.717) is 11.9 Å². The molecule has 16 heavy (non-hydrogen) atoms. The van der Waals surface area contributed by atoms with Gasteiger partial charge in [-0.15, -0.1) is 0 Å². The van der Waals surface area contributed by atoms with Gasteiger partial charge in [-0.3, -0.25) is 0 Å². The third-order valence-electron chi connectivity index (χ3n) is 3.33. The molecule has 1 N–H and O–H groups in total. The Morgan fingerprint density at radius 2 is 2.38 bits per heavy atom. The van der Waals surface area contributed by atoms with Gasteiger partial charge in [0.1, 0.15) is 12.4 Å². The molecule has 2 aliphatic rings. The number of piperidine rings is 1. The normalized spacial score (nSPS) is 30.9. The van der Waals surface area contributed by atoms with Crippen LogP contribution < -0.4 is 14.8 Å². The van der Waals surface area contributed by atoms with E-state index in [9.17, 15) is 0 Å². The molecule has 86 valence electrons. The van der Waals surface area contributed by atoms with Crippen molar-refractivity contribution in [3.05, 3.63) is 18.3 Å². The first-order chi connectivity index (χ1) is 7.85. The van der Waals surface area contributed by atoms with Crippen LogP contribution in [-0.4, -0.2) is 30.8 Å². The summed E-state index contributed by atoms with van der Waals surface area (Å²) < 4.78 is 10.7. The predicted molar refractivity (Wildman–Crippen MR) is 59.7 cm³/mol. The van der Waals surface area contributed by atoms with Crippen molar-refractivity contribution in [2.24, 2.45) is 5.92 Å². The highest BCUT2D eigenvalue weighted by molar-refractivity contribution is 5.22. The van der Waals surface area contributed by atoms with Gasteiger partial charge in [0.15, 0.2) is 0 Å². The van der Waals surface area contributed by atoms with Gasteiger partial charge >= 0.3 is 0 Å². The van der Waals surface area contributed by atoms with Gasteiger partial charge in [0.2, 0.25) is 5.88 Å². The molecule has 0 amide bonds. The first-order valence-corrected chi connectivity index (χ1v) is 5.74. The SMILES string of the molecule is COc1ccc(OC[C@@H]2C[C@H]3C[C@H]3N2)cn1. The fourth-order valence-corrected chi connectivity index (χ4v) is 2.33. The molecule has 1 aliphatic carbocycles. The third kappa shape index (κ3) is 1.97. The van der Waals surface area contributed by atoms with Crippen molar-refractivity contribution >= 4 is 0 Å². The van der Waals surface area contributed by atoms with E-state index in [4.69, 9.17) is 9.47 Å². The summed E-state index contributed by atoms with van der Waals surface area (Å²) in [6, 6.07) is 5.00. The summed E-state index contributed by atoms with van der Waals surface area (Å²) in [4.78, 5) is 4.10. The first kappa shape index (κ1) is 9.90. The van der Waals surface area contributed by atoms with E-state index < -0.39 is 0 Å². The standard InChI is InChI=1S/C12H16N2O2/c1-15-12-3-2-10(6-13-12)16-7-9-4-8-5-11(8)14-9/h2-3,6,8-9,11,14H,4-5,7H2,1H3/t8-,9-,11+/m0/s1. The van der Waals surface area contributed by atoms with Crippen LogP contribution in [0.3, 0.4) is 0 Å². The van der Waals surface area contributed by atoms with E-state index in [0.717, 1.165) is 24.3 Å². The molecule has 0 bridgehead atoms. The van der Waals surface area contributed by atoms with Crippen molar-refractivity contribution in [2.45, 2.75) is 24.9 Å². The molecule has 2 heterocycles. The minimum Gasteiger partial charge on any atom is -0.490 e. The lowest BCUT2D eigenvalue weighted by Crippen LogP contribution is -2.31. The number of nitrogens with zero attached hydrogens (tertiary/aromatic N) is 1. The van der Waals surface area contributed by atoms with Gasteiger partial charge in [-0.1, -0.05) is 0 Å². The monoisotopic (exact) mass is 220 g/mol. The topological polar surface area (TPSA) is 43.4 Å². The van der Waals surface area contributed by atoms with Crippen molar-refractivity contribution in [1.82, 2.24) is 10.3 Å². The molecule has 1 aromatic rings. The molecule has 1 saturated carbocycles.